The lowest BCUT2D eigenvalue weighted by Gasteiger charge is -2.09. The minimum Gasteiger partial charge on any atom is -0.370 e. The number of benzene rings is 1. The molecule has 3 aromatic rings. The van der Waals surface area contributed by atoms with Crippen molar-refractivity contribution in [3.8, 4) is 11.3 Å². The molecule has 4 nitrogen and oxygen atoms in total. The molecule has 0 atom stereocenters. The third-order valence-electron chi connectivity index (χ3n) is 3.17. The first-order valence-corrected chi connectivity index (χ1v) is 7.62. The number of pyridine rings is 1. The molecule has 1 N–H and O–H groups in total. The van der Waals surface area contributed by atoms with Crippen LogP contribution in [-0.4, -0.2) is 21.5 Å². The fourth-order valence-corrected chi connectivity index (χ4v) is 2.73. The number of nitrogens with zero attached hydrogens (tertiary/aromatic N) is 3. The van der Waals surface area contributed by atoms with Gasteiger partial charge in [0, 0.05) is 16.6 Å². The largest absolute Gasteiger partial charge is 0.370 e. The van der Waals surface area contributed by atoms with E-state index in [-0.39, 0.29) is 0 Å². The van der Waals surface area contributed by atoms with Crippen LogP contribution < -0.4 is 5.32 Å². The molecule has 0 radical (unpaired) electrons. The number of halogens is 1. The SMILES string of the molecule is CCNc1nc(C)nc2nc(-c3ccccc3Br)ccc12. The Hall–Kier alpha value is -2.01. The number of hydrogen-bond donors (Lipinski definition) is 1. The van der Waals surface area contributed by atoms with Gasteiger partial charge in [-0.25, -0.2) is 15.0 Å². The fraction of sp³-hybridized carbons (Fsp3) is 0.188. The number of anilines is 1. The molecule has 0 aliphatic carbocycles. The van der Waals surface area contributed by atoms with Crippen LogP contribution in [0.25, 0.3) is 22.3 Å². The van der Waals surface area contributed by atoms with Crippen LogP contribution in [0.1, 0.15) is 12.7 Å². The summed E-state index contributed by atoms with van der Waals surface area (Å²) in [7, 11) is 0. The van der Waals surface area contributed by atoms with Crippen LogP contribution in [0, 0.1) is 6.92 Å². The lowest BCUT2D eigenvalue weighted by molar-refractivity contribution is 1.05. The van der Waals surface area contributed by atoms with Gasteiger partial charge in [0.15, 0.2) is 5.65 Å². The first-order valence-electron chi connectivity index (χ1n) is 6.83. The summed E-state index contributed by atoms with van der Waals surface area (Å²) in [6.45, 7) is 4.75. The van der Waals surface area contributed by atoms with Gasteiger partial charge in [0.1, 0.15) is 11.6 Å². The van der Waals surface area contributed by atoms with Gasteiger partial charge in [0.25, 0.3) is 0 Å². The lowest BCUT2D eigenvalue weighted by atomic mass is 10.1. The average Bonchev–Trinajstić information content (AvgIpc) is 2.47. The van der Waals surface area contributed by atoms with Crippen molar-refractivity contribution >= 4 is 32.8 Å². The molecule has 106 valence electrons. The Morgan fingerprint density at radius 3 is 2.62 bits per heavy atom. The molecule has 0 fully saturated rings. The molecule has 2 aromatic heterocycles. The van der Waals surface area contributed by atoms with Crippen molar-refractivity contribution in [2.75, 3.05) is 11.9 Å². The molecule has 0 aliphatic rings. The summed E-state index contributed by atoms with van der Waals surface area (Å²) in [4.78, 5) is 13.6. The number of rotatable bonds is 3. The second-order valence-electron chi connectivity index (χ2n) is 4.70. The van der Waals surface area contributed by atoms with Gasteiger partial charge in [0.05, 0.1) is 11.1 Å². The Balaban J connectivity index is 2.19. The predicted octanol–water partition coefficient (Wildman–Crippen LogP) is 4.19. The molecule has 5 heteroatoms. The Bertz CT molecular complexity index is 801. The maximum Gasteiger partial charge on any atom is 0.165 e. The molecule has 0 amide bonds. The predicted molar refractivity (Wildman–Crippen MR) is 89.4 cm³/mol. The first kappa shape index (κ1) is 13.9. The lowest BCUT2D eigenvalue weighted by Crippen LogP contribution is -2.03. The number of nitrogens with one attached hydrogen (secondary N) is 1. The molecule has 0 saturated carbocycles. The van der Waals surface area contributed by atoms with E-state index >= 15 is 0 Å². The second-order valence-corrected chi connectivity index (χ2v) is 5.55. The van der Waals surface area contributed by atoms with Crippen molar-refractivity contribution in [2.45, 2.75) is 13.8 Å². The first-order chi connectivity index (χ1) is 10.2. The number of hydrogen-bond acceptors (Lipinski definition) is 4. The van der Waals surface area contributed by atoms with E-state index in [0.29, 0.717) is 5.65 Å². The fourth-order valence-electron chi connectivity index (χ4n) is 2.24. The number of aryl methyl sites for hydroxylation is 1. The van der Waals surface area contributed by atoms with Crippen LogP contribution in [0.4, 0.5) is 5.82 Å². The van der Waals surface area contributed by atoms with Crippen molar-refractivity contribution in [1.29, 1.82) is 0 Å². The molecular weight excluding hydrogens is 328 g/mol. The van der Waals surface area contributed by atoms with Crippen molar-refractivity contribution in [3.05, 3.63) is 46.7 Å². The zero-order valence-electron chi connectivity index (χ0n) is 11.9. The van der Waals surface area contributed by atoms with E-state index in [2.05, 4.69) is 36.2 Å². The third kappa shape index (κ3) is 2.74. The normalized spacial score (nSPS) is 10.8. The highest BCUT2D eigenvalue weighted by atomic mass is 79.9. The van der Waals surface area contributed by atoms with Gasteiger partial charge in [-0.3, -0.25) is 0 Å². The summed E-state index contributed by atoms with van der Waals surface area (Å²) in [6.07, 6.45) is 0. The number of aromatic nitrogens is 3. The summed E-state index contributed by atoms with van der Waals surface area (Å²) in [5, 5.41) is 4.20. The minimum atomic E-state index is 0.715. The maximum atomic E-state index is 4.69. The van der Waals surface area contributed by atoms with E-state index in [9.17, 15) is 0 Å². The highest BCUT2D eigenvalue weighted by Gasteiger charge is 2.09. The molecular formula is C16H15BrN4. The van der Waals surface area contributed by atoms with Crippen molar-refractivity contribution < 1.29 is 0 Å². The Labute approximate surface area is 131 Å². The van der Waals surface area contributed by atoms with Crippen molar-refractivity contribution in [1.82, 2.24) is 15.0 Å². The van der Waals surface area contributed by atoms with Crippen LogP contribution in [0.2, 0.25) is 0 Å². The summed E-state index contributed by atoms with van der Waals surface area (Å²) in [5.41, 5.74) is 2.67. The topological polar surface area (TPSA) is 50.7 Å². The van der Waals surface area contributed by atoms with E-state index in [1.807, 2.05) is 50.2 Å². The average molecular weight is 343 g/mol. The molecule has 0 saturated heterocycles. The van der Waals surface area contributed by atoms with Crippen LogP contribution in [-0.2, 0) is 0 Å². The van der Waals surface area contributed by atoms with Gasteiger partial charge in [-0.1, -0.05) is 34.1 Å². The molecule has 3 rings (SSSR count). The molecule has 1 aromatic carbocycles. The van der Waals surface area contributed by atoms with Gasteiger partial charge in [-0.05, 0) is 32.0 Å². The molecule has 0 spiro atoms. The van der Waals surface area contributed by atoms with Gasteiger partial charge in [0.2, 0.25) is 0 Å². The van der Waals surface area contributed by atoms with Gasteiger partial charge in [-0.2, -0.15) is 0 Å². The molecule has 0 aliphatic heterocycles. The maximum absolute atomic E-state index is 4.69. The Morgan fingerprint density at radius 2 is 1.86 bits per heavy atom. The Morgan fingerprint density at radius 1 is 1.05 bits per heavy atom. The van der Waals surface area contributed by atoms with E-state index in [1.165, 1.54) is 0 Å². The third-order valence-corrected chi connectivity index (χ3v) is 3.86. The molecule has 0 bridgehead atoms. The van der Waals surface area contributed by atoms with Crippen LogP contribution in [0.3, 0.4) is 0 Å². The van der Waals surface area contributed by atoms with E-state index in [0.717, 1.165) is 39.3 Å². The summed E-state index contributed by atoms with van der Waals surface area (Å²) in [6, 6.07) is 12.1. The monoisotopic (exact) mass is 342 g/mol. The highest BCUT2D eigenvalue weighted by Crippen LogP contribution is 2.28. The minimum absolute atomic E-state index is 0.715. The summed E-state index contributed by atoms with van der Waals surface area (Å²) in [5.74, 6) is 1.56. The summed E-state index contributed by atoms with van der Waals surface area (Å²) < 4.78 is 1.02. The van der Waals surface area contributed by atoms with Gasteiger partial charge in [-0.15, -0.1) is 0 Å². The summed E-state index contributed by atoms with van der Waals surface area (Å²) >= 11 is 3.57. The molecule has 2 heterocycles. The zero-order valence-corrected chi connectivity index (χ0v) is 13.5. The van der Waals surface area contributed by atoms with E-state index < -0.39 is 0 Å². The molecule has 21 heavy (non-hydrogen) atoms. The van der Waals surface area contributed by atoms with Crippen molar-refractivity contribution in [2.24, 2.45) is 0 Å². The van der Waals surface area contributed by atoms with Crippen molar-refractivity contribution in [3.63, 3.8) is 0 Å². The van der Waals surface area contributed by atoms with Crippen LogP contribution >= 0.6 is 15.9 Å². The van der Waals surface area contributed by atoms with E-state index in [1.54, 1.807) is 0 Å². The van der Waals surface area contributed by atoms with Gasteiger partial charge >= 0.3 is 0 Å². The smallest absolute Gasteiger partial charge is 0.165 e. The standard InChI is InChI=1S/C16H15BrN4/c1-3-18-15-12-8-9-14(11-6-4-5-7-13(11)17)21-16(12)20-10(2)19-15/h4-9H,3H2,1-2H3,(H,18,19,20,21). The Kier molecular flexibility index (Phi) is 3.84. The number of fused-ring (bicyclic) bond motifs is 1. The van der Waals surface area contributed by atoms with Gasteiger partial charge < -0.3 is 5.32 Å². The van der Waals surface area contributed by atoms with E-state index in [4.69, 9.17) is 0 Å². The zero-order chi connectivity index (χ0) is 14.8. The van der Waals surface area contributed by atoms with Crippen LogP contribution in [0.15, 0.2) is 40.9 Å². The van der Waals surface area contributed by atoms with Crippen LogP contribution in [0.5, 0.6) is 0 Å². The quantitative estimate of drug-likeness (QED) is 0.775. The second kappa shape index (κ2) is 5.77. The molecule has 0 unspecified atom stereocenters. The highest BCUT2D eigenvalue weighted by molar-refractivity contribution is 9.10.